The Morgan fingerprint density at radius 1 is 1.16 bits per heavy atom. The first-order valence-electron chi connectivity index (χ1n) is 10.5. The fourth-order valence-corrected chi connectivity index (χ4v) is 5.33. The summed E-state index contributed by atoms with van der Waals surface area (Å²) in [4.78, 5) is 31.1. The Morgan fingerprint density at radius 2 is 1.94 bits per heavy atom. The molecule has 0 fully saturated rings. The van der Waals surface area contributed by atoms with Gasteiger partial charge < -0.3 is 5.32 Å². The summed E-state index contributed by atoms with van der Waals surface area (Å²) in [7, 11) is 1.71. The first kappa shape index (κ1) is 22.3. The van der Waals surface area contributed by atoms with E-state index < -0.39 is 0 Å². The molecule has 0 spiro atoms. The van der Waals surface area contributed by atoms with Gasteiger partial charge in [-0.3, -0.25) is 14.2 Å². The predicted molar refractivity (Wildman–Crippen MR) is 135 cm³/mol. The minimum Gasteiger partial charge on any atom is -0.325 e. The molecule has 4 aromatic rings. The Bertz CT molecular complexity index is 1370. The average Bonchev–Trinajstić information content (AvgIpc) is 3.21. The van der Waals surface area contributed by atoms with Gasteiger partial charge in [0.25, 0.3) is 5.56 Å². The standard InChI is InChI=1S/C25H25N3O2S2/c1-5-17-8-6-7-9-20(17)26-21(29)14-32-25-27-23-22(24(30)28(25)4)19(13-31-23)18-11-10-15(2)16(3)12-18/h6-13H,5,14H2,1-4H3,(H,26,29). The predicted octanol–water partition coefficient (Wildman–Crippen LogP) is 5.57. The summed E-state index contributed by atoms with van der Waals surface area (Å²) < 4.78 is 1.54. The number of para-hydroxylation sites is 1. The van der Waals surface area contributed by atoms with Crippen LogP contribution in [0, 0.1) is 13.8 Å². The van der Waals surface area contributed by atoms with E-state index >= 15 is 0 Å². The lowest BCUT2D eigenvalue weighted by Crippen LogP contribution is -2.21. The summed E-state index contributed by atoms with van der Waals surface area (Å²) in [5, 5.41) is 6.13. The van der Waals surface area contributed by atoms with E-state index in [4.69, 9.17) is 4.98 Å². The second-order valence-corrected chi connectivity index (χ2v) is 9.54. The van der Waals surface area contributed by atoms with Crippen LogP contribution in [0.2, 0.25) is 0 Å². The van der Waals surface area contributed by atoms with Crippen molar-refractivity contribution in [2.45, 2.75) is 32.3 Å². The first-order valence-corrected chi connectivity index (χ1v) is 12.3. The van der Waals surface area contributed by atoms with Crippen molar-refractivity contribution in [1.82, 2.24) is 9.55 Å². The zero-order valence-electron chi connectivity index (χ0n) is 18.6. The van der Waals surface area contributed by atoms with Crippen molar-refractivity contribution in [1.29, 1.82) is 0 Å². The molecule has 0 aliphatic heterocycles. The maximum atomic E-state index is 13.2. The summed E-state index contributed by atoms with van der Waals surface area (Å²) in [5.74, 6) is 0.0615. The Morgan fingerprint density at radius 3 is 2.69 bits per heavy atom. The minimum absolute atomic E-state index is 0.0938. The van der Waals surface area contributed by atoms with Gasteiger partial charge >= 0.3 is 0 Å². The van der Waals surface area contributed by atoms with Crippen LogP contribution in [-0.2, 0) is 18.3 Å². The summed E-state index contributed by atoms with van der Waals surface area (Å²) in [6.07, 6.45) is 0.845. The van der Waals surface area contributed by atoms with E-state index in [0.717, 1.165) is 28.8 Å². The summed E-state index contributed by atoms with van der Waals surface area (Å²) in [6.45, 7) is 6.20. The van der Waals surface area contributed by atoms with E-state index in [0.29, 0.717) is 15.4 Å². The highest BCUT2D eigenvalue weighted by Gasteiger charge is 2.17. The molecule has 0 saturated heterocycles. The van der Waals surface area contributed by atoms with Gasteiger partial charge in [0.2, 0.25) is 5.91 Å². The number of rotatable bonds is 6. The number of benzene rings is 2. The lowest BCUT2D eigenvalue weighted by atomic mass is 10.0. The van der Waals surface area contributed by atoms with Crippen LogP contribution >= 0.6 is 23.1 Å². The normalized spacial score (nSPS) is 11.1. The van der Waals surface area contributed by atoms with E-state index in [2.05, 4.69) is 38.2 Å². The maximum absolute atomic E-state index is 13.2. The van der Waals surface area contributed by atoms with Gasteiger partial charge in [0.05, 0.1) is 11.1 Å². The number of aromatic nitrogens is 2. The third-order valence-electron chi connectivity index (χ3n) is 5.60. The number of carbonyl (C=O) groups excluding carboxylic acids is 1. The molecule has 32 heavy (non-hydrogen) atoms. The smallest absolute Gasteiger partial charge is 0.263 e. The number of nitrogens with one attached hydrogen (secondary N) is 1. The lowest BCUT2D eigenvalue weighted by molar-refractivity contribution is -0.113. The summed E-state index contributed by atoms with van der Waals surface area (Å²) in [6, 6.07) is 14.0. The number of anilines is 1. The van der Waals surface area contributed by atoms with Crippen molar-refractivity contribution < 1.29 is 4.79 Å². The number of hydrogen-bond acceptors (Lipinski definition) is 5. The number of thioether (sulfide) groups is 1. The monoisotopic (exact) mass is 463 g/mol. The molecule has 0 radical (unpaired) electrons. The van der Waals surface area contributed by atoms with Gasteiger partial charge in [0.15, 0.2) is 5.16 Å². The zero-order valence-corrected chi connectivity index (χ0v) is 20.2. The van der Waals surface area contributed by atoms with Crippen LogP contribution in [-0.4, -0.2) is 21.2 Å². The molecule has 0 aliphatic carbocycles. The fraction of sp³-hybridized carbons (Fsp3) is 0.240. The summed E-state index contributed by atoms with van der Waals surface area (Å²) >= 11 is 2.73. The molecule has 2 aromatic heterocycles. The Hall–Kier alpha value is -2.90. The highest BCUT2D eigenvalue weighted by Crippen LogP contribution is 2.33. The van der Waals surface area contributed by atoms with Crippen LogP contribution in [0.4, 0.5) is 5.69 Å². The van der Waals surface area contributed by atoms with Gasteiger partial charge in [-0.15, -0.1) is 11.3 Å². The van der Waals surface area contributed by atoms with Gasteiger partial charge in [-0.05, 0) is 48.6 Å². The van der Waals surface area contributed by atoms with E-state index in [1.807, 2.05) is 35.7 Å². The lowest BCUT2D eigenvalue weighted by Gasteiger charge is -2.11. The molecule has 0 unspecified atom stereocenters. The molecule has 164 valence electrons. The van der Waals surface area contributed by atoms with Crippen molar-refractivity contribution in [2.24, 2.45) is 7.05 Å². The van der Waals surface area contributed by atoms with Crippen molar-refractivity contribution >= 4 is 44.9 Å². The van der Waals surface area contributed by atoms with Crippen LogP contribution in [0.1, 0.15) is 23.6 Å². The van der Waals surface area contributed by atoms with Crippen molar-refractivity contribution in [3.63, 3.8) is 0 Å². The van der Waals surface area contributed by atoms with Crippen LogP contribution in [0.3, 0.4) is 0 Å². The maximum Gasteiger partial charge on any atom is 0.263 e. The molecular weight excluding hydrogens is 438 g/mol. The van der Waals surface area contributed by atoms with Gasteiger partial charge in [-0.25, -0.2) is 4.98 Å². The number of fused-ring (bicyclic) bond motifs is 1. The topological polar surface area (TPSA) is 64.0 Å². The van der Waals surface area contributed by atoms with Crippen molar-refractivity contribution in [3.05, 3.63) is 74.9 Å². The molecule has 2 heterocycles. The molecule has 1 N–H and O–H groups in total. The Balaban J connectivity index is 1.58. The van der Waals surface area contributed by atoms with Gasteiger partial charge in [0, 0.05) is 23.7 Å². The first-order chi connectivity index (χ1) is 15.4. The molecule has 2 aromatic carbocycles. The van der Waals surface area contributed by atoms with Crippen LogP contribution in [0.5, 0.6) is 0 Å². The third-order valence-corrected chi connectivity index (χ3v) is 7.50. The Kier molecular flexibility index (Phi) is 6.48. The van der Waals surface area contributed by atoms with Crippen LogP contribution in [0.25, 0.3) is 21.3 Å². The van der Waals surface area contributed by atoms with E-state index in [1.54, 1.807) is 7.05 Å². The van der Waals surface area contributed by atoms with E-state index in [9.17, 15) is 9.59 Å². The largest absolute Gasteiger partial charge is 0.325 e. The number of hydrogen-bond donors (Lipinski definition) is 1. The number of carbonyl (C=O) groups is 1. The molecule has 7 heteroatoms. The number of aryl methyl sites for hydroxylation is 3. The fourth-order valence-electron chi connectivity index (χ4n) is 3.57. The highest BCUT2D eigenvalue weighted by atomic mass is 32.2. The quantitative estimate of drug-likeness (QED) is 0.300. The SMILES string of the molecule is CCc1ccccc1NC(=O)CSc1nc2scc(-c3ccc(C)c(C)c3)c2c(=O)n1C. The average molecular weight is 464 g/mol. The molecule has 5 nitrogen and oxygen atoms in total. The van der Waals surface area contributed by atoms with Gasteiger partial charge in [0.1, 0.15) is 4.83 Å². The van der Waals surface area contributed by atoms with Gasteiger partial charge in [-0.2, -0.15) is 0 Å². The summed E-state index contributed by atoms with van der Waals surface area (Å²) in [5.41, 5.74) is 6.17. The second-order valence-electron chi connectivity index (χ2n) is 7.73. The highest BCUT2D eigenvalue weighted by molar-refractivity contribution is 7.99. The third kappa shape index (κ3) is 4.36. The number of nitrogens with zero attached hydrogens (tertiary/aromatic N) is 2. The molecule has 4 rings (SSSR count). The van der Waals surface area contributed by atoms with Gasteiger partial charge in [-0.1, -0.05) is 55.1 Å². The Labute approximate surface area is 195 Å². The number of thiophene rings is 1. The molecule has 0 aliphatic rings. The van der Waals surface area contributed by atoms with E-state index in [-0.39, 0.29) is 17.2 Å². The minimum atomic E-state index is -0.118. The molecular formula is C25H25N3O2S2. The van der Waals surface area contributed by atoms with Crippen LogP contribution < -0.4 is 10.9 Å². The van der Waals surface area contributed by atoms with E-state index in [1.165, 1.54) is 38.8 Å². The molecule has 0 bridgehead atoms. The molecule has 1 amide bonds. The molecule has 0 saturated carbocycles. The van der Waals surface area contributed by atoms with Crippen molar-refractivity contribution in [3.8, 4) is 11.1 Å². The number of amides is 1. The zero-order chi connectivity index (χ0) is 22.8. The molecule has 0 atom stereocenters. The van der Waals surface area contributed by atoms with Crippen LogP contribution in [0.15, 0.2) is 57.8 Å². The second kappa shape index (κ2) is 9.30. The van der Waals surface area contributed by atoms with Crippen molar-refractivity contribution in [2.75, 3.05) is 11.1 Å².